The molecule has 1 fully saturated rings. The van der Waals surface area contributed by atoms with Gasteiger partial charge in [-0.2, -0.15) is 0 Å². The molecule has 0 aromatic heterocycles. The summed E-state index contributed by atoms with van der Waals surface area (Å²) in [5.74, 6) is 0.141. The van der Waals surface area contributed by atoms with Crippen molar-refractivity contribution in [2.24, 2.45) is 0 Å². The van der Waals surface area contributed by atoms with Gasteiger partial charge < -0.3 is 25.2 Å². The van der Waals surface area contributed by atoms with Crippen LogP contribution in [-0.2, 0) is 11.2 Å². The van der Waals surface area contributed by atoms with Gasteiger partial charge in [-0.3, -0.25) is 4.79 Å². The number of hydrogen-bond acceptors (Lipinski definition) is 5. The first kappa shape index (κ1) is 24.2. The molecule has 0 radical (unpaired) electrons. The lowest BCUT2D eigenvalue weighted by Gasteiger charge is -2.45. The SMILES string of the molecule is CCCCOc1ccc(NC(=O)C(C)(O)C2(O)CCN(CCc3ccccc3)CC2)cc1. The zero-order chi connectivity index (χ0) is 23.0. The predicted molar refractivity (Wildman–Crippen MR) is 127 cm³/mol. The minimum atomic E-state index is -1.89. The second kappa shape index (κ2) is 10.9. The third-order valence-corrected chi connectivity index (χ3v) is 6.47. The normalized spacial score (nSPS) is 18.0. The van der Waals surface area contributed by atoms with E-state index < -0.39 is 17.1 Å². The van der Waals surface area contributed by atoms with E-state index in [0.29, 0.717) is 38.2 Å². The number of amides is 1. The number of unbranched alkanes of at least 4 members (excludes halogenated alkanes) is 1. The van der Waals surface area contributed by atoms with Crippen LogP contribution in [0.4, 0.5) is 5.69 Å². The summed E-state index contributed by atoms with van der Waals surface area (Å²) in [6.45, 7) is 6.33. The van der Waals surface area contributed by atoms with E-state index in [1.807, 2.05) is 18.2 Å². The molecule has 1 amide bonds. The molecule has 6 heteroatoms. The van der Waals surface area contributed by atoms with Gasteiger partial charge in [0.25, 0.3) is 5.91 Å². The molecule has 1 aliphatic rings. The number of nitrogens with one attached hydrogen (secondary N) is 1. The number of ether oxygens (including phenoxy) is 1. The molecule has 1 aliphatic heterocycles. The fourth-order valence-electron chi connectivity index (χ4n) is 4.00. The summed E-state index contributed by atoms with van der Waals surface area (Å²) < 4.78 is 5.64. The number of carbonyl (C=O) groups is 1. The zero-order valence-corrected chi connectivity index (χ0v) is 19.2. The first-order valence-electron chi connectivity index (χ1n) is 11.6. The van der Waals surface area contributed by atoms with Crippen LogP contribution in [0.25, 0.3) is 0 Å². The van der Waals surface area contributed by atoms with Crippen molar-refractivity contribution >= 4 is 11.6 Å². The number of carbonyl (C=O) groups excluding carboxylic acids is 1. The van der Waals surface area contributed by atoms with E-state index in [0.717, 1.165) is 31.6 Å². The molecular weight excluding hydrogens is 404 g/mol. The topological polar surface area (TPSA) is 82.0 Å². The highest BCUT2D eigenvalue weighted by Gasteiger charge is 2.52. The Kier molecular flexibility index (Phi) is 8.29. The molecule has 1 saturated heterocycles. The van der Waals surface area contributed by atoms with E-state index >= 15 is 0 Å². The Labute approximate surface area is 191 Å². The molecule has 6 nitrogen and oxygen atoms in total. The van der Waals surface area contributed by atoms with E-state index in [2.05, 4.69) is 29.3 Å². The second-order valence-corrected chi connectivity index (χ2v) is 8.86. The number of hydrogen-bond donors (Lipinski definition) is 3. The van der Waals surface area contributed by atoms with E-state index in [9.17, 15) is 15.0 Å². The molecule has 0 saturated carbocycles. The summed E-state index contributed by atoms with van der Waals surface area (Å²) in [4.78, 5) is 15.1. The maximum atomic E-state index is 12.9. The lowest BCUT2D eigenvalue weighted by atomic mass is 9.76. The van der Waals surface area contributed by atoms with Crippen LogP contribution in [0, 0.1) is 0 Å². The summed E-state index contributed by atoms with van der Waals surface area (Å²) >= 11 is 0. The molecule has 32 heavy (non-hydrogen) atoms. The van der Waals surface area contributed by atoms with E-state index in [1.165, 1.54) is 12.5 Å². The highest BCUT2D eigenvalue weighted by Crippen LogP contribution is 2.34. The molecule has 0 spiro atoms. The number of anilines is 1. The highest BCUT2D eigenvalue weighted by atomic mass is 16.5. The van der Waals surface area contributed by atoms with Crippen LogP contribution in [0.3, 0.4) is 0 Å². The number of rotatable bonds is 10. The van der Waals surface area contributed by atoms with Crippen molar-refractivity contribution in [3.8, 4) is 5.75 Å². The van der Waals surface area contributed by atoms with Crippen LogP contribution in [0.5, 0.6) is 5.75 Å². The summed E-state index contributed by atoms with van der Waals surface area (Å²) in [5, 5.41) is 24.9. The van der Waals surface area contributed by atoms with Gasteiger partial charge in [-0.05, 0) is 62.4 Å². The Morgan fingerprint density at radius 3 is 2.41 bits per heavy atom. The number of likely N-dealkylation sites (tertiary alicyclic amines) is 1. The molecule has 1 atom stereocenters. The molecule has 0 aliphatic carbocycles. The quantitative estimate of drug-likeness (QED) is 0.492. The van der Waals surface area contributed by atoms with Crippen LogP contribution in [0.1, 0.15) is 45.1 Å². The first-order valence-corrected chi connectivity index (χ1v) is 11.6. The Morgan fingerprint density at radius 2 is 1.78 bits per heavy atom. The lowest BCUT2D eigenvalue weighted by Crippen LogP contribution is -2.63. The van der Waals surface area contributed by atoms with Crippen LogP contribution in [0.15, 0.2) is 54.6 Å². The lowest BCUT2D eigenvalue weighted by molar-refractivity contribution is -0.177. The van der Waals surface area contributed by atoms with Gasteiger partial charge in [0.2, 0.25) is 0 Å². The van der Waals surface area contributed by atoms with E-state index in [1.54, 1.807) is 24.3 Å². The van der Waals surface area contributed by atoms with Crippen molar-refractivity contribution in [3.63, 3.8) is 0 Å². The van der Waals surface area contributed by atoms with Crippen LogP contribution < -0.4 is 10.1 Å². The number of aliphatic hydroxyl groups is 2. The summed E-state index contributed by atoms with van der Waals surface area (Å²) in [5.41, 5.74) is -1.53. The fraction of sp³-hybridized carbons (Fsp3) is 0.500. The first-order chi connectivity index (χ1) is 15.3. The highest BCUT2D eigenvalue weighted by molar-refractivity contribution is 5.97. The minimum Gasteiger partial charge on any atom is -0.494 e. The predicted octanol–water partition coefficient (Wildman–Crippen LogP) is 3.62. The summed E-state index contributed by atoms with van der Waals surface area (Å²) in [7, 11) is 0. The van der Waals surface area contributed by atoms with Crippen LogP contribution in [-0.4, -0.2) is 58.5 Å². The molecule has 2 aromatic carbocycles. The van der Waals surface area contributed by atoms with Gasteiger partial charge in [-0.1, -0.05) is 43.7 Å². The third-order valence-electron chi connectivity index (χ3n) is 6.47. The number of nitrogens with zero attached hydrogens (tertiary/aromatic N) is 1. The van der Waals surface area contributed by atoms with E-state index in [-0.39, 0.29) is 0 Å². The standard InChI is InChI=1S/C26H36N2O4/c1-3-4-20-32-23-12-10-22(11-13-23)27-24(29)25(2,30)26(31)15-18-28(19-16-26)17-14-21-8-6-5-7-9-21/h5-13,30-31H,3-4,14-20H2,1-2H3,(H,27,29). The third kappa shape index (κ3) is 6.09. The average molecular weight is 441 g/mol. The smallest absolute Gasteiger partial charge is 0.259 e. The molecule has 1 unspecified atom stereocenters. The van der Waals surface area contributed by atoms with Gasteiger partial charge in [-0.25, -0.2) is 0 Å². The summed E-state index contributed by atoms with van der Waals surface area (Å²) in [6.07, 6.45) is 3.67. The molecule has 0 bridgehead atoms. The van der Waals surface area contributed by atoms with Gasteiger partial charge in [0.15, 0.2) is 5.60 Å². The molecule has 3 rings (SSSR count). The van der Waals surface area contributed by atoms with Gasteiger partial charge in [-0.15, -0.1) is 0 Å². The Hall–Kier alpha value is -2.41. The van der Waals surface area contributed by atoms with Gasteiger partial charge in [0, 0.05) is 25.3 Å². The Balaban J connectivity index is 1.51. The van der Waals surface area contributed by atoms with Crippen molar-refractivity contribution in [1.82, 2.24) is 4.90 Å². The molecular formula is C26H36N2O4. The van der Waals surface area contributed by atoms with Crippen molar-refractivity contribution < 1.29 is 19.7 Å². The molecule has 3 N–H and O–H groups in total. The Morgan fingerprint density at radius 1 is 1.12 bits per heavy atom. The Bertz CT molecular complexity index is 844. The van der Waals surface area contributed by atoms with Crippen molar-refractivity contribution in [3.05, 3.63) is 60.2 Å². The van der Waals surface area contributed by atoms with Crippen molar-refractivity contribution in [2.75, 3.05) is 31.6 Å². The maximum absolute atomic E-state index is 12.9. The number of piperidine rings is 1. The van der Waals surface area contributed by atoms with Crippen LogP contribution in [0.2, 0.25) is 0 Å². The van der Waals surface area contributed by atoms with Gasteiger partial charge >= 0.3 is 0 Å². The zero-order valence-electron chi connectivity index (χ0n) is 19.2. The van der Waals surface area contributed by atoms with Crippen molar-refractivity contribution in [1.29, 1.82) is 0 Å². The molecule has 2 aromatic rings. The van der Waals surface area contributed by atoms with Gasteiger partial charge in [0.1, 0.15) is 11.4 Å². The summed E-state index contributed by atoms with van der Waals surface area (Å²) in [6, 6.07) is 17.4. The second-order valence-electron chi connectivity index (χ2n) is 8.86. The minimum absolute atomic E-state index is 0.340. The van der Waals surface area contributed by atoms with Crippen LogP contribution >= 0.6 is 0 Å². The monoisotopic (exact) mass is 440 g/mol. The number of benzene rings is 2. The molecule has 1 heterocycles. The van der Waals surface area contributed by atoms with E-state index in [4.69, 9.17) is 4.74 Å². The van der Waals surface area contributed by atoms with Gasteiger partial charge in [0.05, 0.1) is 6.61 Å². The maximum Gasteiger partial charge on any atom is 0.259 e. The van der Waals surface area contributed by atoms with Crippen molar-refractivity contribution in [2.45, 2.75) is 57.2 Å². The fourth-order valence-corrected chi connectivity index (χ4v) is 4.00. The largest absolute Gasteiger partial charge is 0.494 e. The molecule has 174 valence electrons. The average Bonchev–Trinajstić information content (AvgIpc) is 2.80.